The van der Waals surface area contributed by atoms with Crippen LogP contribution in [-0.2, 0) is 11.3 Å². The molecule has 0 saturated carbocycles. The van der Waals surface area contributed by atoms with Crippen LogP contribution in [0.5, 0.6) is 0 Å². The molecule has 3 rings (SSSR count). The minimum Gasteiger partial charge on any atom is -0.321 e. The van der Waals surface area contributed by atoms with Crippen molar-refractivity contribution in [3.05, 3.63) is 59.0 Å². The first-order chi connectivity index (χ1) is 12.5. The summed E-state index contributed by atoms with van der Waals surface area (Å²) in [5, 5.41) is 8.84. The van der Waals surface area contributed by atoms with E-state index >= 15 is 0 Å². The number of amides is 1. The first-order valence-electron chi connectivity index (χ1n) is 8.51. The molecule has 26 heavy (non-hydrogen) atoms. The minimum atomic E-state index is -0.241. The predicted molar refractivity (Wildman–Crippen MR) is 106 cm³/mol. The predicted octanol–water partition coefficient (Wildman–Crippen LogP) is 4.70. The van der Waals surface area contributed by atoms with Gasteiger partial charge in [0.15, 0.2) is 0 Å². The van der Waals surface area contributed by atoms with Crippen LogP contribution in [0, 0.1) is 12.8 Å². The number of carbonyl (C=O) groups excluding carboxylic acids is 1. The second-order valence-electron chi connectivity index (χ2n) is 6.57. The Labute approximate surface area is 157 Å². The molecule has 0 radical (unpaired) electrons. The number of para-hydroxylation sites is 1. The zero-order valence-electron chi connectivity index (χ0n) is 15.0. The highest BCUT2D eigenvalue weighted by Crippen LogP contribution is 2.23. The molecule has 0 unspecified atom stereocenters. The largest absolute Gasteiger partial charge is 0.321 e. The second-order valence-corrected chi connectivity index (χ2v) is 6.93. The van der Waals surface area contributed by atoms with Gasteiger partial charge in [-0.3, -0.25) is 14.5 Å². The van der Waals surface area contributed by atoms with Gasteiger partial charge in [-0.1, -0.05) is 43.6 Å². The molecule has 0 saturated heterocycles. The highest BCUT2D eigenvalue weighted by atomic mass is 35.5. The van der Waals surface area contributed by atoms with Crippen LogP contribution in [0.1, 0.15) is 25.1 Å². The van der Waals surface area contributed by atoms with Crippen LogP contribution in [0.15, 0.2) is 42.6 Å². The summed E-state index contributed by atoms with van der Waals surface area (Å²) in [7, 11) is 0. The number of rotatable bonds is 5. The van der Waals surface area contributed by atoms with Gasteiger partial charge < -0.3 is 5.32 Å². The molecule has 5 nitrogen and oxygen atoms in total. The molecule has 2 aromatic heterocycles. The Bertz CT molecular complexity index is 970. The molecule has 2 heterocycles. The fraction of sp³-hybridized carbons (Fsp3) is 0.250. The van der Waals surface area contributed by atoms with Crippen molar-refractivity contribution in [2.24, 2.45) is 5.92 Å². The Morgan fingerprint density at radius 2 is 2.08 bits per heavy atom. The first kappa shape index (κ1) is 18.1. The van der Waals surface area contributed by atoms with Gasteiger partial charge >= 0.3 is 0 Å². The smallest absolute Gasteiger partial charge is 0.248 e. The Kier molecular flexibility index (Phi) is 5.38. The van der Waals surface area contributed by atoms with Crippen LogP contribution >= 0.6 is 11.6 Å². The van der Waals surface area contributed by atoms with Crippen molar-refractivity contribution in [1.82, 2.24) is 14.8 Å². The normalized spacial score (nSPS) is 11.6. The molecule has 1 aromatic carbocycles. The summed E-state index contributed by atoms with van der Waals surface area (Å²) in [6.45, 7) is 6.83. The Morgan fingerprint density at radius 1 is 1.31 bits per heavy atom. The maximum absolute atomic E-state index is 12.3. The van der Waals surface area contributed by atoms with Gasteiger partial charge in [0.05, 0.1) is 16.9 Å². The number of aromatic nitrogens is 3. The van der Waals surface area contributed by atoms with E-state index in [1.165, 1.54) is 6.08 Å². The SMILES string of the molecule is Cc1nn(CC(C)C)c(Cl)c1/C=C/C(=O)Nc1cccc2cccnc12. The number of aryl methyl sites for hydroxylation is 1. The summed E-state index contributed by atoms with van der Waals surface area (Å²) in [6.07, 6.45) is 4.88. The van der Waals surface area contributed by atoms with E-state index in [4.69, 9.17) is 11.6 Å². The molecule has 1 amide bonds. The average molecular weight is 369 g/mol. The molecule has 0 fully saturated rings. The molecule has 0 aliphatic rings. The zero-order valence-corrected chi connectivity index (χ0v) is 15.8. The lowest BCUT2D eigenvalue weighted by atomic mass is 10.2. The topological polar surface area (TPSA) is 59.8 Å². The number of anilines is 1. The van der Waals surface area contributed by atoms with Gasteiger partial charge in [-0.2, -0.15) is 5.10 Å². The lowest BCUT2D eigenvalue weighted by molar-refractivity contribution is -0.111. The van der Waals surface area contributed by atoms with Crippen LogP contribution in [-0.4, -0.2) is 20.7 Å². The third-order valence-corrected chi connectivity index (χ3v) is 4.34. The molecular weight excluding hydrogens is 348 g/mol. The van der Waals surface area contributed by atoms with Gasteiger partial charge in [0.1, 0.15) is 5.15 Å². The van der Waals surface area contributed by atoms with E-state index in [0.717, 1.165) is 28.7 Å². The second kappa shape index (κ2) is 7.70. The lowest BCUT2D eigenvalue weighted by Crippen LogP contribution is -2.08. The number of pyridine rings is 1. The van der Waals surface area contributed by atoms with E-state index in [1.807, 2.05) is 37.3 Å². The molecule has 3 aromatic rings. The van der Waals surface area contributed by atoms with Gasteiger partial charge in [-0.25, -0.2) is 0 Å². The summed E-state index contributed by atoms with van der Waals surface area (Å²) >= 11 is 6.40. The fourth-order valence-corrected chi connectivity index (χ4v) is 3.07. The number of nitrogens with zero attached hydrogens (tertiary/aromatic N) is 3. The van der Waals surface area contributed by atoms with Crippen molar-refractivity contribution in [2.75, 3.05) is 5.32 Å². The van der Waals surface area contributed by atoms with E-state index in [-0.39, 0.29) is 5.91 Å². The van der Waals surface area contributed by atoms with E-state index in [0.29, 0.717) is 16.8 Å². The highest BCUT2D eigenvalue weighted by molar-refractivity contribution is 6.31. The van der Waals surface area contributed by atoms with Gasteiger partial charge in [0, 0.05) is 29.8 Å². The quantitative estimate of drug-likeness (QED) is 0.664. The molecule has 0 aliphatic heterocycles. The number of halogens is 1. The van der Waals surface area contributed by atoms with Crippen LogP contribution in [0.4, 0.5) is 5.69 Å². The van der Waals surface area contributed by atoms with Crippen LogP contribution in [0.25, 0.3) is 17.0 Å². The molecule has 6 heteroatoms. The Morgan fingerprint density at radius 3 is 2.85 bits per heavy atom. The monoisotopic (exact) mass is 368 g/mol. The molecule has 134 valence electrons. The maximum Gasteiger partial charge on any atom is 0.248 e. The van der Waals surface area contributed by atoms with E-state index < -0.39 is 0 Å². The summed E-state index contributed by atoms with van der Waals surface area (Å²) in [5.41, 5.74) is 3.00. The third-order valence-electron chi connectivity index (χ3n) is 3.94. The summed E-state index contributed by atoms with van der Waals surface area (Å²) in [6, 6.07) is 9.51. The van der Waals surface area contributed by atoms with Gasteiger partial charge in [0.2, 0.25) is 5.91 Å². The number of nitrogens with one attached hydrogen (secondary N) is 1. The van der Waals surface area contributed by atoms with Gasteiger partial charge in [0.25, 0.3) is 0 Å². The van der Waals surface area contributed by atoms with Gasteiger partial charge in [-0.05, 0) is 31.1 Å². The summed E-state index contributed by atoms with van der Waals surface area (Å²) in [5.74, 6) is 0.195. The maximum atomic E-state index is 12.3. The summed E-state index contributed by atoms with van der Waals surface area (Å²) < 4.78 is 1.77. The zero-order chi connectivity index (χ0) is 18.7. The molecule has 1 N–H and O–H groups in total. The van der Waals surface area contributed by atoms with E-state index in [1.54, 1.807) is 17.0 Å². The lowest BCUT2D eigenvalue weighted by Gasteiger charge is -2.06. The van der Waals surface area contributed by atoms with Crippen molar-refractivity contribution in [3.63, 3.8) is 0 Å². The van der Waals surface area contributed by atoms with Crippen LogP contribution in [0.2, 0.25) is 5.15 Å². The first-order valence-corrected chi connectivity index (χ1v) is 8.89. The van der Waals surface area contributed by atoms with E-state index in [9.17, 15) is 4.79 Å². The number of fused-ring (bicyclic) bond motifs is 1. The standard InChI is InChI=1S/C20H21ClN4O/c1-13(2)12-25-20(21)16(14(3)24-25)9-10-18(26)23-17-8-4-6-15-7-5-11-22-19(15)17/h4-11,13H,12H2,1-3H3,(H,23,26)/b10-9+. The van der Waals surface area contributed by atoms with Crippen molar-refractivity contribution >= 4 is 40.2 Å². The molecule has 0 aliphatic carbocycles. The van der Waals surface area contributed by atoms with Crippen molar-refractivity contribution in [3.8, 4) is 0 Å². The number of carbonyl (C=O) groups is 1. The van der Waals surface area contributed by atoms with Crippen molar-refractivity contribution in [2.45, 2.75) is 27.3 Å². The van der Waals surface area contributed by atoms with E-state index in [2.05, 4.69) is 29.2 Å². The number of hydrogen-bond donors (Lipinski definition) is 1. The van der Waals surface area contributed by atoms with Crippen LogP contribution < -0.4 is 5.32 Å². The van der Waals surface area contributed by atoms with Crippen molar-refractivity contribution < 1.29 is 4.79 Å². The van der Waals surface area contributed by atoms with Crippen LogP contribution in [0.3, 0.4) is 0 Å². The molecular formula is C20H21ClN4O. The average Bonchev–Trinajstić information content (AvgIpc) is 2.86. The number of hydrogen-bond acceptors (Lipinski definition) is 3. The molecule has 0 atom stereocenters. The highest BCUT2D eigenvalue weighted by Gasteiger charge is 2.12. The number of benzene rings is 1. The Hall–Kier alpha value is -2.66. The summed E-state index contributed by atoms with van der Waals surface area (Å²) in [4.78, 5) is 16.7. The fourth-order valence-electron chi connectivity index (χ4n) is 2.76. The molecule has 0 bridgehead atoms. The Balaban J connectivity index is 1.79. The van der Waals surface area contributed by atoms with Crippen molar-refractivity contribution in [1.29, 1.82) is 0 Å². The minimum absolute atomic E-state index is 0.241. The molecule has 0 spiro atoms. The van der Waals surface area contributed by atoms with Gasteiger partial charge in [-0.15, -0.1) is 0 Å². The third kappa shape index (κ3) is 3.94.